The molecule has 3 aromatic heterocycles. The van der Waals surface area contributed by atoms with Crippen molar-refractivity contribution in [3.05, 3.63) is 61.1 Å². The van der Waals surface area contributed by atoms with Gasteiger partial charge in [0.15, 0.2) is 5.65 Å². The van der Waals surface area contributed by atoms with Crippen molar-refractivity contribution in [3.63, 3.8) is 0 Å². The molecule has 0 aliphatic rings. The normalized spacial score (nSPS) is 11.2. The Bertz CT molecular complexity index is 973. The van der Waals surface area contributed by atoms with Crippen LogP contribution >= 0.6 is 0 Å². The fourth-order valence-corrected chi connectivity index (χ4v) is 2.67. The Morgan fingerprint density at radius 1 is 1.17 bits per heavy atom. The van der Waals surface area contributed by atoms with Crippen LogP contribution in [0, 0.1) is 6.92 Å². The average molecular weight is 304 g/mol. The van der Waals surface area contributed by atoms with Gasteiger partial charge in [0.1, 0.15) is 11.3 Å². The molecule has 3 heterocycles. The number of nitrogens with one attached hydrogen (secondary N) is 1. The number of H-pyrrole nitrogens is 1. The SMILES string of the molecule is C=CCn1ncc(-c2nc3c(cnn3-c3ccccc3)[nH]2)c1C. The molecule has 114 valence electrons. The van der Waals surface area contributed by atoms with Crippen LogP contribution in [0.25, 0.3) is 28.2 Å². The van der Waals surface area contributed by atoms with E-state index in [0.717, 1.165) is 33.9 Å². The van der Waals surface area contributed by atoms with E-state index in [0.29, 0.717) is 6.54 Å². The highest BCUT2D eigenvalue weighted by molar-refractivity contribution is 5.77. The van der Waals surface area contributed by atoms with Crippen molar-refractivity contribution in [3.8, 4) is 17.1 Å². The van der Waals surface area contributed by atoms with Crippen molar-refractivity contribution in [2.45, 2.75) is 13.5 Å². The highest BCUT2D eigenvalue weighted by Gasteiger charge is 2.15. The third kappa shape index (κ3) is 2.15. The van der Waals surface area contributed by atoms with Gasteiger partial charge in [0, 0.05) is 5.69 Å². The molecule has 0 aliphatic carbocycles. The molecule has 6 nitrogen and oxygen atoms in total. The fourth-order valence-electron chi connectivity index (χ4n) is 2.67. The molecule has 0 bridgehead atoms. The van der Waals surface area contributed by atoms with Crippen molar-refractivity contribution in [2.75, 3.05) is 0 Å². The molecule has 23 heavy (non-hydrogen) atoms. The second-order valence-electron chi connectivity index (χ2n) is 5.33. The molecular weight excluding hydrogens is 288 g/mol. The molecule has 1 aromatic carbocycles. The van der Waals surface area contributed by atoms with Gasteiger partial charge in [-0.2, -0.15) is 10.2 Å². The van der Waals surface area contributed by atoms with Crippen LogP contribution in [0.1, 0.15) is 5.69 Å². The van der Waals surface area contributed by atoms with E-state index in [2.05, 4.69) is 21.8 Å². The highest BCUT2D eigenvalue weighted by Crippen LogP contribution is 2.24. The number of benzene rings is 1. The Hall–Kier alpha value is -3.15. The first-order chi connectivity index (χ1) is 11.3. The third-order valence-electron chi connectivity index (χ3n) is 3.88. The predicted octanol–water partition coefficient (Wildman–Crippen LogP) is 3.11. The molecule has 0 saturated carbocycles. The minimum absolute atomic E-state index is 0.684. The maximum Gasteiger partial charge on any atom is 0.181 e. The maximum absolute atomic E-state index is 4.72. The summed E-state index contributed by atoms with van der Waals surface area (Å²) in [7, 11) is 0. The number of aromatic nitrogens is 6. The largest absolute Gasteiger partial charge is 0.335 e. The summed E-state index contributed by atoms with van der Waals surface area (Å²) in [4.78, 5) is 8.04. The summed E-state index contributed by atoms with van der Waals surface area (Å²) in [6, 6.07) is 9.97. The van der Waals surface area contributed by atoms with Crippen LogP contribution in [-0.2, 0) is 6.54 Å². The smallest absolute Gasteiger partial charge is 0.181 e. The number of fused-ring (bicyclic) bond motifs is 1. The lowest BCUT2D eigenvalue weighted by Gasteiger charge is -2.01. The summed E-state index contributed by atoms with van der Waals surface area (Å²) < 4.78 is 3.73. The Balaban J connectivity index is 1.81. The number of allylic oxidation sites excluding steroid dienone is 1. The van der Waals surface area contributed by atoms with Crippen LogP contribution in [0.2, 0.25) is 0 Å². The average Bonchev–Trinajstić information content (AvgIpc) is 3.23. The fraction of sp³-hybridized carbons (Fsp3) is 0.118. The summed E-state index contributed by atoms with van der Waals surface area (Å²) >= 11 is 0. The van der Waals surface area contributed by atoms with E-state index >= 15 is 0 Å². The molecule has 0 fully saturated rings. The monoisotopic (exact) mass is 304 g/mol. The number of hydrogen-bond donors (Lipinski definition) is 1. The van der Waals surface area contributed by atoms with E-state index in [1.54, 1.807) is 6.20 Å². The van der Waals surface area contributed by atoms with E-state index in [1.165, 1.54) is 0 Å². The van der Waals surface area contributed by atoms with Crippen LogP contribution in [0.15, 0.2) is 55.4 Å². The highest BCUT2D eigenvalue weighted by atomic mass is 15.3. The summed E-state index contributed by atoms with van der Waals surface area (Å²) in [5, 5.41) is 8.79. The first-order valence-electron chi connectivity index (χ1n) is 7.41. The lowest BCUT2D eigenvalue weighted by molar-refractivity contribution is 0.680. The molecular formula is C17H16N6. The van der Waals surface area contributed by atoms with Crippen molar-refractivity contribution < 1.29 is 0 Å². The van der Waals surface area contributed by atoms with Gasteiger partial charge >= 0.3 is 0 Å². The molecule has 0 unspecified atom stereocenters. The third-order valence-corrected chi connectivity index (χ3v) is 3.88. The minimum atomic E-state index is 0.684. The molecule has 4 aromatic rings. The van der Waals surface area contributed by atoms with Gasteiger partial charge in [-0.1, -0.05) is 24.3 Å². The van der Waals surface area contributed by atoms with Gasteiger partial charge in [-0.05, 0) is 19.1 Å². The number of aromatic amines is 1. The number of imidazole rings is 1. The zero-order valence-electron chi connectivity index (χ0n) is 12.8. The molecule has 0 amide bonds. The Labute approximate surface area is 133 Å². The van der Waals surface area contributed by atoms with Gasteiger partial charge in [-0.25, -0.2) is 9.67 Å². The summed E-state index contributed by atoms with van der Waals surface area (Å²) in [5.74, 6) is 0.801. The number of hydrogen-bond acceptors (Lipinski definition) is 3. The zero-order chi connectivity index (χ0) is 15.8. The first kappa shape index (κ1) is 13.5. The van der Waals surface area contributed by atoms with Gasteiger partial charge < -0.3 is 4.98 Å². The first-order valence-corrected chi connectivity index (χ1v) is 7.41. The second-order valence-corrected chi connectivity index (χ2v) is 5.33. The van der Waals surface area contributed by atoms with E-state index in [9.17, 15) is 0 Å². The summed E-state index contributed by atoms with van der Waals surface area (Å²) in [5.41, 5.74) is 4.74. The molecule has 0 spiro atoms. The van der Waals surface area contributed by atoms with Crippen molar-refractivity contribution in [1.29, 1.82) is 0 Å². The van der Waals surface area contributed by atoms with Crippen LogP contribution < -0.4 is 0 Å². The Kier molecular flexibility index (Phi) is 3.08. The van der Waals surface area contributed by atoms with Gasteiger partial charge in [0.05, 0.1) is 30.2 Å². The van der Waals surface area contributed by atoms with E-state index in [4.69, 9.17) is 4.98 Å². The standard InChI is InChI=1S/C17H16N6/c1-3-9-22-12(2)14(10-18-22)16-20-15-11-19-23(17(15)21-16)13-7-5-4-6-8-13/h3-8,10-11H,1,9H2,2H3,(H,20,21). The van der Waals surface area contributed by atoms with Crippen LogP contribution in [0.3, 0.4) is 0 Å². The number of para-hydroxylation sites is 1. The zero-order valence-corrected chi connectivity index (χ0v) is 12.8. The van der Waals surface area contributed by atoms with Crippen molar-refractivity contribution in [1.82, 2.24) is 29.5 Å². The van der Waals surface area contributed by atoms with E-state index in [-0.39, 0.29) is 0 Å². The van der Waals surface area contributed by atoms with Crippen molar-refractivity contribution in [2.24, 2.45) is 0 Å². The van der Waals surface area contributed by atoms with Gasteiger partial charge in [0.2, 0.25) is 0 Å². The summed E-state index contributed by atoms with van der Waals surface area (Å²) in [6.45, 7) is 6.47. The number of nitrogens with zero attached hydrogens (tertiary/aromatic N) is 5. The van der Waals surface area contributed by atoms with Crippen LogP contribution in [0.4, 0.5) is 0 Å². The molecule has 6 heteroatoms. The number of rotatable bonds is 4. The summed E-state index contributed by atoms with van der Waals surface area (Å²) in [6.07, 6.45) is 5.45. The van der Waals surface area contributed by atoms with E-state index in [1.807, 2.05) is 58.9 Å². The Morgan fingerprint density at radius 3 is 2.78 bits per heavy atom. The lowest BCUT2D eigenvalue weighted by atomic mass is 10.2. The quantitative estimate of drug-likeness (QED) is 0.589. The Morgan fingerprint density at radius 2 is 2.00 bits per heavy atom. The molecule has 0 aliphatic heterocycles. The molecule has 4 rings (SSSR count). The molecule has 0 saturated heterocycles. The van der Waals surface area contributed by atoms with Gasteiger partial charge in [-0.3, -0.25) is 4.68 Å². The minimum Gasteiger partial charge on any atom is -0.335 e. The molecule has 0 atom stereocenters. The van der Waals surface area contributed by atoms with Crippen molar-refractivity contribution >= 4 is 11.2 Å². The van der Waals surface area contributed by atoms with E-state index < -0.39 is 0 Å². The topological polar surface area (TPSA) is 64.3 Å². The molecule has 1 N–H and O–H groups in total. The molecule has 0 radical (unpaired) electrons. The van der Waals surface area contributed by atoms with Crippen LogP contribution in [0.5, 0.6) is 0 Å². The van der Waals surface area contributed by atoms with Gasteiger partial charge in [-0.15, -0.1) is 6.58 Å². The predicted molar refractivity (Wildman–Crippen MR) is 89.4 cm³/mol. The van der Waals surface area contributed by atoms with Crippen LogP contribution in [-0.4, -0.2) is 29.5 Å². The second kappa shape index (κ2) is 5.24. The van der Waals surface area contributed by atoms with Gasteiger partial charge in [0.25, 0.3) is 0 Å². The maximum atomic E-state index is 4.72. The lowest BCUT2D eigenvalue weighted by Crippen LogP contribution is -1.99.